The number of piperidine rings is 1. The second kappa shape index (κ2) is 6.40. The highest BCUT2D eigenvalue weighted by Crippen LogP contribution is 2.27. The van der Waals surface area contributed by atoms with E-state index in [1.54, 1.807) is 31.1 Å². The molecule has 2 rings (SSSR count). The molecular weight excluding hydrogens is 266 g/mol. The maximum Gasteiger partial charge on any atom is 0.225 e. The Kier molecular flexibility index (Phi) is 4.59. The highest BCUT2D eigenvalue weighted by Gasteiger charge is 2.26. The summed E-state index contributed by atoms with van der Waals surface area (Å²) in [6.45, 7) is 1.50. The molecule has 110 valence electrons. The molecule has 0 N–H and O–H groups in total. The number of benzene rings is 1. The summed E-state index contributed by atoms with van der Waals surface area (Å²) < 4.78 is 0. The Hall–Kier alpha value is -2.35. The van der Waals surface area contributed by atoms with Gasteiger partial charge < -0.3 is 9.80 Å². The van der Waals surface area contributed by atoms with E-state index < -0.39 is 0 Å². The highest BCUT2D eigenvalue weighted by atomic mass is 16.2. The van der Waals surface area contributed by atoms with Gasteiger partial charge in [-0.15, -0.1) is 0 Å². The van der Waals surface area contributed by atoms with Crippen LogP contribution in [-0.2, 0) is 4.79 Å². The van der Waals surface area contributed by atoms with E-state index in [2.05, 4.69) is 11.0 Å². The van der Waals surface area contributed by atoms with Crippen LogP contribution in [0, 0.1) is 17.2 Å². The van der Waals surface area contributed by atoms with Crippen LogP contribution in [0.5, 0.6) is 0 Å². The van der Waals surface area contributed by atoms with Crippen LogP contribution in [-0.4, -0.2) is 44.3 Å². The molecule has 1 heterocycles. The largest absolute Gasteiger partial charge is 0.370 e. The molecule has 0 radical (unpaired) electrons. The van der Waals surface area contributed by atoms with Gasteiger partial charge in [-0.05, 0) is 31.0 Å². The fraction of sp³-hybridized carbons (Fsp3) is 0.438. The van der Waals surface area contributed by atoms with Gasteiger partial charge in [0.25, 0.3) is 0 Å². The molecule has 0 aliphatic carbocycles. The standard InChI is InChI=1S/C16H19N3O2/c1-18(2)16(21)13-5-7-19(8-6-13)15-4-3-12(11-20)9-14(15)10-17/h3-4,9,11,13H,5-8H2,1-2H3. The Morgan fingerprint density at radius 2 is 2.05 bits per heavy atom. The van der Waals surface area contributed by atoms with Gasteiger partial charge in [0, 0.05) is 38.7 Å². The summed E-state index contributed by atoms with van der Waals surface area (Å²) in [7, 11) is 3.56. The number of hydrogen-bond acceptors (Lipinski definition) is 4. The summed E-state index contributed by atoms with van der Waals surface area (Å²) in [6.07, 6.45) is 2.32. The summed E-state index contributed by atoms with van der Waals surface area (Å²) in [6, 6.07) is 7.29. The number of anilines is 1. The van der Waals surface area contributed by atoms with Crippen LogP contribution in [0.2, 0.25) is 0 Å². The smallest absolute Gasteiger partial charge is 0.225 e. The van der Waals surface area contributed by atoms with Gasteiger partial charge in [-0.1, -0.05) is 0 Å². The molecule has 1 aromatic carbocycles. The normalized spacial score (nSPS) is 15.4. The highest BCUT2D eigenvalue weighted by molar-refractivity contribution is 5.79. The van der Waals surface area contributed by atoms with Crippen molar-refractivity contribution >= 4 is 17.9 Å². The van der Waals surface area contributed by atoms with E-state index in [0.717, 1.165) is 37.9 Å². The van der Waals surface area contributed by atoms with Crippen molar-refractivity contribution in [1.82, 2.24) is 4.90 Å². The minimum absolute atomic E-state index is 0.0658. The maximum absolute atomic E-state index is 12.0. The van der Waals surface area contributed by atoms with E-state index in [0.29, 0.717) is 11.1 Å². The molecule has 21 heavy (non-hydrogen) atoms. The van der Waals surface area contributed by atoms with Crippen molar-refractivity contribution in [2.24, 2.45) is 5.92 Å². The Morgan fingerprint density at radius 3 is 2.57 bits per heavy atom. The molecular formula is C16H19N3O2. The number of hydrogen-bond donors (Lipinski definition) is 0. The van der Waals surface area contributed by atoms with E-state index in [4.69, 9.17) is 0 Å². The second-order valence-corrected chi connectivity index (χ2v) is 5.50. The monoisotopic (exact) mass is 285 g/mol. The summed E-state index contributed by atoms with van der Waals surface area (Å²) in [5.74, 6) is 0.238. The third-order valence-corrected chi connectivity index (χ3v) is 3.90. The van der Waals surface area contributed by atoms with E-state index in [1.165, 1.54) is 0 Å². The van der Waals surface area contributed by atoms with Crippen molar-refractivity contribution < 1.29 is 9.59 Å². The Balaban J connectivity index is 2.11. The third kappa shape index (κ3) is 3.22. The molecule has 1 aliphatic heterocycles. The van der Waals surface area contributed by atoms with Crippen molar-refractivity contribution in [3.8, 4) is 6.07 Å². The molecule has 0 saturated carbocycles. The second-order valence-electron chi connectivity index (χ2n) is 5.50. The molecule has 0 unspecified atom stereocenters. The van der Waals surface area contributed by atoms with Crippen LogP contribution in [0.25, 0.3) is 0 Å². The lowest BCUT2D eigenvalue weighted by Gasteiger charge is -2.34. The van der Waals surface area contributed by atoms with Crippen molar-refractivity contribution in [1.29, 1.82) is 5.26 Å². The first kappa shape index (κ1) is 15.0. The molecule has 5 heteroatoms. The zero-order valence-corrected chi connectivity index (χ0v) is 12.4. The number of nitriles is 1. The Bertz CT molecular complexity index is 582. The predicted octanol–water partition coefficient (Wildman–Crippen LogP) is 1.68. The summed E-state index contributed by atoms with van der Waals surface area (Å²) in [5, 5.41) is 9.23. The van der Waals surface area contributed by atoms with Gasteiger partial charge in [-0.3, -0.25) is 9.59 Å². The fourth-order valence-corrected chi connectivity index (χ4v) is 2.72. The number of carbonyl (C=O) groups excluding carboxylic acids is 2. The van der Waals surface area contributed by atoms with Crippen LogP contribution in [0.15, 0.2) is 18.2 Å². The molecule has 0 bridgehead atoms. The SMILES string of the molecule is CN(C)C(=O)C1CCN(c2ccc(C=O)cc2C#N)CC1. The van der Waals surface area contributed by atoms with Crippen LogP contribution in [0.1, 0.15) is 28.8 Å². The summed E-state index contributed by atoms with van der Waals surface area (Å²) >= 11 is 0. The van der Waals surface area contributed by atoms with Crippen LogP contribution < -0.4 is 4.90 Å². The Labute approximate surface area is 124 Å². The zero-order chi connectivity index (χ0) is 15.4. The van der Waals surface area contributed by atoms with Gasteiger partial charge >= 0.3 is 0 Å². The van der Waals surface area contributed by atoms with E-state index in [-0.39, 0.29) is 11.8 Å². The van der Waals surface area contributed by atoms with Crippen LogP contribution in [0.3, 0.4) is 0 Å². The fourth-order valence-electron chi connectivity index (χ4n) is 2.72. The van der Waals surface area contributed by atoms with E-state index >= 15 is 0 Å². The van der Waals surface area contributed by atoms with Crippen LogP contribution in [0.4, 0.5) is 5.69 Å². The summed E-state index contributed by atoms with van der Waals surface area (Å²) in [5.41, 5.74) is 1.86. The zero-order valence-electron chi connectivity index (χ0n) is 12.4. The topological polar surface area (TPSA) is 64.4 Å². The molecule has 0 aromatic heterocycles. The average molecular weight is 285 g/mol. The molecule has 1 saturated heterocycles. The van der Waals surface area contributed by atoms with Gasteiger partial charge in [0.15, 0.2) is 0 Å². The van der Waals surface area contributed by atoms with Crippen molar-refractivity contribution in [3.05, 3.63) is 29.3 Å². The van der Waals surface area contributed by atoms with Gasteiger partial charge in [0.1, 0.15) is 12.4 Å². The Morgan fingerprint density at radius 1 is 1.38 bits per heavy atom. The van der Waals surface area contributed by atoms with Crippen LogP contribution >= 0.6 is 0 Å². The lowest BCUT2D eigenvalue weighted by molar-refractivity contribution is -0.133. The molecule has 5 nitrogen and oxygen atoms in total. The molecule has 0 spiro atoms. The third-order valence-electron chi connectivity index (χ3n) is 3.90. The van der Waals surface area contributed by atoms with Gasteiger partial charge in [0.2, 0.25) is 5.91 Å². The minimum atomic E-state index is 0.0658. The number of aldehydes is 1. The first-order chi connectivity index (χ1) is 10.1. The number of carbonyl (C=O) groups is 2. The van der Waals surface area contributed by atoms with E-state index in [1.807, 2.05) is 6.07 Å². The van der Waals surface area contributed by atoms with Gasteiger partial charge in [-0.2, -0.15) is 5.26 Å². The lowest BCUT2D eigenvalue weighted by atomic mass is 9.94. The lowest BCUT2D eigenvalue weighted by Crippen LogP contribution is -2.40. The molecule has 1 fully saturated rings. The van der Waals surface area contributed by atoms with Crippen molar-refractivity contribution in [2.75, 3.05) is 32.1 Å². The number of nitrogens with zero attached hydrogens (tertiary/aromatic N) is 3. The molecule has 1 amide bonds. The number of amides is 1. The van der Waals surface area contributed by atoms with E-state index in [9.17, 15) is 14.9 Å². The van der Waals surface area contributed by atoms with Gasteiger partial charge in [0.05, 0.1) is 11.3 Å². The quantitative estimate of drug-likeness (QED) is 0.793. The maximum atomic E-state index is 12.0. The average Bonchev–Trinajstić information content (AvgIpc) is 2.53. The van der Waals surface area contributed by atoms with Crippen molar-refractivity contribution in [2.45, 2.75) is 12.8 Å². The minimum Gasteiger partial charge on any atom is -0.370 e. The van der Waals surface area contributed by atoms with Gasteiger partial charge in [-0.25, -0.2) is 0 Å². The molecule has 1 aliphatic rings. The molecule has 0 atom stereocenters. The first-order valence-corrected chi connectivity index (χ1v) is 7.02. The summed E-state index contributed by atoms with van der Waals surface area (Å²) in [4.78, 5) is 26.5. The molecule has 1 aromatic rings. The van der Waals surface area contributed by atoms with Crippen molar-refractivity contribution in [3.63, 3.8) is 0 Å². The first-order valence-electron chi connectivity index (χ1n) is 7.02. The predicted molar refractivity (Wildman–Crippen MR) is 80.2 cm³/mol. The number of rotatable bonds is 3.